The zero-order chi connectivity index (χ0) is 12.1. The van der Waals surface area contributed by atoms with Gasteiger partial charge in [-0.05, 0) is 43.5 Å². The predicted molar refractivity (Wildman–Crippen MR) is 68.6 cm³/mol. The molecule has 1 aliphatic rings. The first-order valence-electron chi connectivity index (χ1n) is 6.45. The zero-order valence-corrected chi connectivity index (χ0v) is 10.7. The highest BCUT2D eigenvalue weighted by atomic mass is 16.7. The summed E-state index contributed by atoms with van der Waals surface area (Å²) >= 11 is 0. The highest BCUT2D eigenvalue weighted by Gasteiger charge is 2.14. The lowest BCUT2D eigenvalue weighted by Gasteiger charge is -2.16. The third-order valence-electron chi connectivity index (χ3n) is 3.09. The van der Waals surface area contributed by atoms with Crippen LogP contribution in [0.3, 0.4) is 0 Å². The van der Waals surface area contributed by atoms with E-state index in [2.05, 4.69) is 31.3 Å². The Morgan fingerprint density at radius 1 is 1.24 bits per heavy atom. The summed E-state index contributed by atoms with van der Waals surface area (Å²) in [7, 11) is 0. The van der Waals surface area contributed by atoms with E-state index in [1.165, 1.54) is 12.0 Å². The van der Waals surface area contributed by atoms with Crippen LogP contribution in [0.2, 0.25) is 0 Å². The molecule has 1 atom stereocenters. The molecule has 0 aromatic heterocycles. The van der Waals surface area contributed by atoms with Crippen molar-refractivity contribution in [1.29, 1.82) is 0 Å². The number of fused-ring (bicyclic) bond motifs is 1. The zero-order valence-electron chi connectivity index (χ0n) is 10.7. The lowest BCUT2D eigenvalue weighted by Crippen LogP contribution is -2.31. The van der Waals surface area contributed by atoms with E-state index >= 15 is 0 Å². The fraction of sp³-hybridized carbons (Fsp3) is 0.571. The molecule has 1 aromatic rings. The Bertz CT molecular complexity index is 365. The molecule has 1 N–H and O–H groups in total. The Labute approximate surface area is 103 Å². The topological polar surface area (TPSA) is 30.5 Å². The van der Waals surface area contributed by atoms with E-state index < -0.39 is 0 Å². The van der Waals surface area contributed by atoms with Gasteiger partial charge in [-0.25, -0.2) is 0 Å². The Kier molecular flexibility index (Phi) is 4.26. The number of rotatable bonds is 6. The normalized spacial score (nSPS) is 14.9. The third kappa shape index (κ3) is 3.13. The van der Waals surface area contributed by atoms with Crippen LogP contribution in [0.4, 0.5) is 0 Å². The largest absolute Gasteiger partial charge is 0.454 e. The van der Waals surface area contributed by atoms with Gasteiger partial charge in [-0.1, -0.05) is 19.9 Å². The molecule has 0 saturated carbocycles. The molecule has 3 nitrogen and oxygen atoms in total. The minimum Gasteiger partial charge on any atom is -0.454 e. The van der Waals surface area contributed by atoms with Crippen molar-refractivity contribution in [3.05, 3.63) is 23.8 Å². The van der Waals surface area contributed by atoms with Gasteiger partial charge in [-0.15, -0.1) is 0 Å². The molecule has 3 heteroatoms. The van der Waals surface area contributed by atoms with Crippen LogP contribution in [0.1, 0.15) is 32.3 Å². The van der Waals surface area contributed by atoms with Crippen molar-refractivity contribution in [2.45, 2.75) is 39.2 Å². The second-order valence-electron chi connectivity index (χ2n) is 4.45. The first-order chi connectivity index (χ1) is 8.33. The van der Waals surface area contributed by atoms with Crippen molar-refractivity contribution in [3.8, 4) is 11.5 Å². The van der Waals surface area contributed by atoms with Crippen LogP contribution in [0, 0.1) is 0 Å². The Morgan fingerprint density at radius 3 is 2.82 bits per heavy atom. The fourth-order valence-electron chi connectivity index (χ4n) is 2.06. The van der Waals surface area contributed by atoms with E-state index in [-0.39, 0.29) is 0 Å². The van der Waals surface area contributed by atoms with Crippen molar-refractivity contribution < 1.29 is 9.47 Å². The summed E-state index contributed by atoms with van der Waals surface area (Å²) in [6.07, 6.45) is 3.37. The van der Waals surface area contributed by atoms with Gasteiger partial charge in [-0.2, -0.15) is 0 Å². The highest BCUT2D eigenvalue weighted by molar-refractivity contribution is 5.44. The summed E-state index contributed by atoms with van der Waals surface area (Å²) in [6, 6.07) is 6.78. The quantitative estimate of drug-likeness (QED) is 0.822. The van der Waals surface area contributed by atoms with Crippen molar-refractivity contribution in [3.63, 3.8) is 0 Å². The first-order valence-corrected chi connectivity index (χ1v) is 6.45. The molecule has 0 saturated heterocycles. The monoisotopic (exact) mass is 235 g/mol. The summed E-state index contributed by atoms with van der Waals surface area (Å²) in [4.78, 5) is 0. The van der Waals surface area contributed by atoms with Crippen LogP contribution >= 0.6 is 0 Å². The maximum Gasteiger partial charge on any atom is 0.231 e. The number of hydrogen-bond donors (Lipinski definition) is 1. The van der Waals surface area contributed by atoms with Gasteiger partial charge in [0, 0.05) is 6.04 Å². The Morgan fingerprint density at radius 2 is 2.06 bits per heavy atom. The summed E-state index contributed by atoms with van der Waals surface area (Å²) < 4.78 is 10.7. The van der Waals surface area contributed by atoms with E-state index in [0.717, 1.165) is 30.9 Å². The molecule has 94 valence electrons. The number of ether oxygens (including phenoxy) is 2. The molecule has 0 spiro atoms. The van der Waals surface area contributed by atoms with Crippen molar-refractivity contribution >= 4 is 0 Å². The van der Waals surface area contributed by atoms with Crippen LogP contribution in [0.5, 0.6) is 11.5 Å². The average Bonchev–Trinajstić information content (AvgIpc) is 2.81. The molecule has 0 radical (unpaired) electrons. The number of benzene rings is 1. The van der Waals surface area contributed by atoms with Gasteiger partial charge in [0.25, 0.3) is 0 Å². The third-order valence-corrected chi connectivity index (χ3v) is 3.09. The molecular formula is C14H21NO2. The van der Waals surface area contributed by atoms with Crippen LogP contribution < -0.4 is 14.8 Å². The van der Waals surface area contributed by atoms with Gasteiger partial charge < -0.3 is 14.8 Å². The molecule has 2 rings (SSSR count). The van der Waals surface area contributed by atoms with Gasteiger partial charge in [0.05, 0.1) is 0 Å². The van der Waals surface area contributed by atoms with Crippen molar-refractivity contribution in [2.24, 2.45) is 0 Å². The average molecular weight is 235 g/mol. The lowest BCUT2D eigenvalue weighted by atomic mass is 10.0. The SMILES string of the molecule is CCCNC(CC)Cc1ccc2c(c1)OCO2. The standard InChI is InChI=1S/C14H21NO2/c1-3-7-15-12(4-2)8-11-5-6-13-14(9-11)17-10-16-13/h5-6,9,12,15H,3-4,7-8,10H2,1-2H3. The van der Waals surface area contributed by atoms with Crippen molar-refractivity contribution in [2.75, 3.05) is 13.3 Å². The fourth-order valence-corrected chi connectivity index (χ4v) is 2.06. The van der Waals surface area contributed by atoms with E-state index in [1.807, 2.05) is 6.07 Å². The Hall–Kier alpha value is -1.22. The molecule has 1 unspecified atom stereocenters. The van der Waals surface area contributed by atoms with Gasteiger partial charge in [0.15, 0.2) is 11.5 Å². The van der Waals surface area contributed by atoms with Gasteiger partial charge in [0.1, 0.15) is 0 Å². The van der Waals surface area contributed by atoms with Crippen molar-refractivity contribution in [1.82, 2.24) is 5.32 Å². The second-order valence-corrected chi connectivity index (χ2v) is 4.45. The maximum absolute atomic E-state index is 5.39. The summed E-state index contributed by atoms with van der Waals surface area (Å²) in [5, 5.41) is 3.56. The Balaban J connectivity index is 1.97. The predicted octanol–water partition coefficient (Wildman–Crippen LogP) is 2.74. The molecule has 1 aromatic carbocycles. The smallest absolute Gasteiger partial charge is 0.231 e. The van der Waals surface area contributed by atoms with Gasteiger partial charge in [0.2, 0.25) is 6.79 Å². The molecule has 1 heterocycles. The summed E-state index contributed by atoms with van der Waals surface area (Å²) in [5.41, 5.74) is 1.31. The van der Waals surface area contributed by atoms with E-state index in [1.54, 1.807) is 0 Å². The van der Waals surface area contributed by atoms with Gasteiger partial charge in [-0.3, -0.25) is 0 Å². The maximum atomic E-state index is 5.39. The minimum atomic E-state index is 0.351. The van der Waals surface area contributed by atoms with E-state index in [9.17, 15) is 0 Å². The lowest BCUT2D eigenvalue weighted by molar-refractivity contribution is 0.174. The number of hydrogen-bond acceptors (Lipinski definition) is 3. The van der Waals surface area contributed by atoms with Crippen LogP contribution in [0.25, 0.3) is 0 Å². The van der Waals surface area contributed by atoms with E-state index in [4.69, 9.17) is 9.47 Å². The molecule has 0 aliphatic carbocycles. The van der Waals surface area contributed by atoms with E-state index in [0.29, 0.717) is 12.8 Å². The molecule has 0 bridgehead atoms. The molecule has 1 aliphatic heterocycles. The highest BCUT2D eigenvalue weighted by Crippen LogP contribution is 2.32. The molecule has 0 amide bonds. The van der Waals surface area contributed by atoms with Crippen LogP contribution in [-0.4, -0.2) is 19.4 Å². The molecule has 0 fully saturated rings. The first kappa shape index (κ1) is 12.2. The minimum absolute atomic E-state index is 0.351. The summed E-state index contributed by atoms with van der Waals surface area (Å²) in [6.45, 7) is 5.85. The second kappa shape index (κ2) is 5.92. The molecule has 17 heavy (non-hydrogen) atoms. The molecular weight excluding hydrogens is 214 g/mol. The van der Waals surface area contributed by atoms with Crippen LogP contribution in [-0.2, 0) is 6.42 Å². The number of nitrogens with one attached hydrogen (secondary N) is 1. The van der Waals surface area contributed by atoms with Crippen LogP contribution in [0.15, 0.2) is 18.2 Å². The summed E-state index contributed by atoms with van der Waals surface area (Å²) in [5.74, 6) is 1.75. The van der Waals surface area contributed by atoms with Gasteiger partial charge >= 0.3 is 0 Å².